The molecule has 0 aliphatic carbocycles. The van der Waals surface area contributed by atoms with Crippen molar-refractivity contribution in [2.24, 2.45) is 0 Å². The van der Waals surface area contributed by atoms with Crippen LogP contribution in [0.3, 0.4) is 0 Å². The predicted molar refractivity (Wildman–Crippen MR) is 62.2 cm³/mol. The van der Waals surface area contributed by atoms with E-state index in [4.69, 9.17) is 0 Å². The maximum atomic E-state index is 4.26. The smallest absolute Gasteiger partial charge is 0.116 e. The fourth-order valence-electron chi connectivity index (χ4n) is 1.18. The van der Waals surface area contributed by atoms with Gasteiger partial charge in [-0.1, -0.05) is 36.4 Å². The first-order valence-electron chi connectivity index (χ1n) is 4.50. The second kappa shape index (κ2) is 4.20. The topological polar surface area (TPSA) is 12.9 Å². The molecule has 2 heteroatoms. The van der Waals surface area contributed by atoms with Crippen LogP contribution < -0.4 is 0 Å². The van der Waals surface area contributed by atoms with Crippen molar-refractivity contribution in [1.82, 2.24) is 4.98 Å². The van der Waals surface area contributed by atoms with Crippen LogP contribution >= 0.6 is 11.3 Å². The summed E-state index contributed by atoms with van der Waals surface area (Å²) in [4.78, 5) is 5.51. The van der Waals surface area contributed by atoms with Crippen LogP contribution in [0.2, 0.25) is 0 Å². The zero-order valence-corrected chi connectivity index (χ0v) is 8.79. The Hall–Kier alpha value is -1.41. The molecule has 0 atom stereocenters. The largest absolute Gasteiger partial charge is 0.245 e. The molecular formula is C12H11NS. The van der Waals surface area contributed by atoms with E-state index in [1.807, 2.05) is 30.5 Å². The molecule has 14 heavy (non-hydrogen) atoms. The number of nitrogens with zero attached hydrogens (tertiary/aromatic N) is 1. The molecule has 0 saturated carbocycles. The highest BCUT2D eigenvalue weighted by molar-refractivity contribution is 7.12. The van der Waals surface area contributed by atoms with Crippen LogP contribution in [0.15, 0.2) is 36.5 Å². The molecule has 2 aromatic rings. The van der Waals surface area contributed by atoms with E-state index in [1.54, 1.807) is 11.3 Å². The molecule has 0 amide bonds. The molecule has 0 bridgehead atoms. The van der Waals surface area contributed by atoms with Gasteiger partial charge in [0.15, 0.2) is 0 Å². The molecule has 0 fully saturated rings. The standard InChI is InChI=1S/C12H11NS/c1-10-9-13-12(14-10)8-7-11-5-3-2-4-6-11/h2-9H,1H3/b8-7+. The van der Waals surface area contributed by atoms with Crippen molar-refractivity contribution in [3.63, 3.8) is 0 Å². The van der Waals surface area contributed by atoms with Crippen molar-refractivity contribution in [2.45, 2.75) is 6.92 Å². The minimum atomic E-state index is 1.06. The Labute approximate surface area is 87.8 Å². The number of aromatic nitrogens is 1. The average molecular weight is 201 g/mol. The second-order valence-electron chi connectivity index (χ2n) is 3.05. The van der Waals surface area contributed by atoms with Gasteiger partial charge in [0.2, 0.25) is 0 Å². The average Bonchev–Trinajstić information content (AvgIpc) is 2.63. The first kappa shape index (κ1) is 9.16. The predicted octanol–water partition coefficient (Wildman–Crippen LogP) is 3.62. The van der Waals surface area contributed by atoms with E-state index in [-0.39, 0.29) is 0 Å². The molecule has 0 aliphatic rings. The summed E-state index contributed by atoms with van der Waals surface area (Å²) in [5, 5.41) is 1.06. The van der Waals surface area contributed by atoms with E-state index in [0.717, 1.165) is 5.01 Å². The number of hydrogen-bond donors (Lipinski definition) is 0. The van der Waals surface area contributed by atoms with Crippen LogP contribution in [0, 0.1) is 6.92 Å². The molecule has 1 aromatic carbocycles. The molecule has 1 aromatic heterocycles. The summed E-state index contributed by atoms with van der Waals surface area (Å²) >= 11 is 1.71. The monoisotopic (exact) mass is 201 g/mol. The lowest BCUT2D eigenvalue weighted by molar-refractivity contribution is 1.36. The van der Waals surface area contributed by atoms with E-state index in [2.05, 4.69) is 30.1 Å². The Morgan fingerprint density at radius 1 is 1.14 bits per heavy atom. The van der Waals surface area contributed by atoms with Gasteiger partial charge in [0.25, 0.3) is 0 Å². The molecule has 0 unspecified atom stereocenters. The Balaban J connectivity index is 2.15. The summed E-state index contributed by atoms with van der Waals surface area (Å²) in [5.41, 5.74) is 1.21. The van der Waals surface area contributed by atoms with Crippen LogP contribution in [0.4, 0.5) is 0 Å². The highest BCUT2D eigenvalue weighted by atomic mass is 32.1. The Morgan fingerprint density at radius 3 is 2.57 bits per heavy atom. The summed E-state index contributed by atoms with van der Waals surface area (Å²) in [7, 11) is 0. The molecule has 1 heterocycles. The van der Waals surface area contributed by atoms with Crippen LogP contribution in [-0.2, 0) is 0 Å². The molecule has 1 nitrogen and oxygen atoms in total. The zero-order valence-electron chi connectivity index (χ0n) is 7.97. The highest BCUT2D eigenvalue weighted by Gasteiger charge is 1.92. The quantitative estimate of drug-likeness (QED) is 0.723. The van der Waals surface area contributed by atoms with Crippen molar-refractivity contribution in [3.8, 4) is 0 Å². The van der Waals surface area contributed by atoms with E-state index in [9.17, 15) is 0 Å². The van der Waals surface area contributed by atoms with Gasteiger partial charge in [-0.05, 0) is 18.6 Å². The van der Waals surface area contributed by atoms with Crippen LogP contribution in [0.25, 0.3) is 12.2 Å². The van der Waals surface area contributed by atoms with Gasteiger partial charge in [0.05, 0.1) is 0 Å². The highest BCUT2D eigenvalue weighted by Crippen LogP contribution is 2.14. The van der Waals surface area contributed by atoms with E-state index in [0.29, 0.717) is 0 Å². The van der Waals surface area contributed by atoms with E-state index >= 15 is 0 Å². The van der Waals surface area contributed by atoms with Gasteiger partial charge >= 0.3 is 0 Å². The lowest BCUT2D eigenvalue weighted by atomic mass is 10.2. The maximum Gasteiger partial charge on any atom is 0.116 e. The molecular weight excluding hydrogens is 190 g/mol. The number of aryl methyl sites for hydroxylation is 1. The van der Waals surface area contributed by atoms with E-state index in [1.165, 1.54) is 10.4 Å². The van der Waals surface area contributed by atoms with Gasteiger partial charge < -0.3 is 0 Å². The summed E-state index contributed by atoms with van der Waals surface area (Å²) in [5.74, 6) is 0. The third-order valence-corrected chi connectivity index (χ3v) is 2.74. The minimum absolute atomic E-state index is 1.06. The third kappa shape index (κ3) is 2.30. The lowest BCUT2D eigenvalue weighted by Crippen LogP contribution is -1.69. The van der Waals surface area contributed by atoms with Gasteiger partial charge in [0, 0.05) is 11.1 Å². The van der Waals surface area contributed by atoms with Crippen LogP contribution in [-0.4, -0.2) is 4.98 Å². The normalized spacial score (nSPS) is 10.9. The molecule has 0 saturated heterocycles. The van der Waals surface area contributed by atoms with Crippen LogP contribution in [0.5, 0.6) is 0 Å². The molecule has 0 spiro atoms. The fourth-order valence-corrected chi connectivity index (χ4v) is 1.86. The van der Waals surface area contributed by atoms with Crippen molar-refractivity contribution in [3.05, 3.63) is 52.0 Å². The molecule has 70 valence electrons. The molecule has 0 N–H and O–H groups in total. The van der Waals surface area contributed by atoms with Crippen molar-refractivity contribution in [2.75, 3.05) is 0 Å². The number of thiazole rings is 1. The summed E-state index contributed by atoms with van der Waals surface area (Å²) in [6.45, 7) is 2.07. The van der Waals surface area contributed by atoms with Crippen molar-refractivity contribution < 1.29 is 0 Å². The summed E-state index contributed by atoms with van der Waals surface area (Å²) < 4.78 is 0. The molecule has 0 aliphatic heterocycles. The Morgan fingerprint density at radius 2 is 1.93 bits per heavy atom. The molecule has 0 radical (unpaired) electrons. The Kier molecular flexibility index (Phi) is 2.75. The Bertz CT molecular complexity index is 429. The number of benzene rings is 1. The molecule has 2 rings (SSSR count). The van der Waals surface area contributed by atoms with Crippen LogP contribution in [0.1, 0.15) is 15.4 Å². The summed E-state index contributed by atoms with van der Waals surface area (Å²) in [6.07, 6.45) is 6.03. The first-order valence-corrected chi connectivity index (χ1v) is 5.32. The first-order chi connectivity index (χ1) is 6.84. The van der Waals surface area contributed by atoms with Crippen molar-refractivity contribution in [1.29, 1.82) is 0 Å². The van der Waals surface area contributed by atoms with Gasteiger partial charge in [-0.15, -0.1) is 11.3 Å². The van der Waals surface area contributed by atoms with Gasteiger partial charge in [-0.2, -0.15) is 0 Å². The van der Waals surface area contributed by atoms with Gasteiger partial charge in [-0.25, -0.2) is 4.98 Å². The second-order valence-corrected chi connectivity index (χ2v) is 4.32. The SMILES string of the molecule is Cc1cnc(/C=C/c2ccccc2)s1. The van der Waals surface area contributed by atoms with Gasteiger partial charge in [-0.3, -0.25) is 0 Å². The number of rotatable bonds is 2. The summed E-state index contributed by atoms with van der Waals surface area (Å²) in [6, 6.07) is 10.2. The van der Waals surface area contributed by atoms with E-state index < -0.39 is 0 Å². The minimum Gasteiger partial charge on any atom is -0.245 e. The maximum absolute atomic E-state index is 4.26. The zero-order chi connectivity index (χ0) is 9.80. The van der Waals surface area contributed by atoms with Gasteiger partial charge in [0.1, 0.15) is 5.01 Å². The fraction of sp³-hybridized carbons (Fsp3) is 0.0833. The number of hydrogen-bond acceptors (Lipinski definition) is 2. The third-order valence-electron chi connectivity index (χ3n) is 1.86. The van der Waals surface area contributed by atoms with Crippen molar-refractivity contribution >= 4 is 23.5 Å². The lowest BCUT2D eigenvalue weighted by Gasteiger charge is -1.89.